The molecule has 0 radical (unpaired) electrons. The standard InChI is InChI=1S/C28H25N3O/c1-20-11-9-12-21(2)25(20)29-28-26(23-15-7-4-8-16-23)30-27-24(17-10-18-31(27)28)32-19-22-13-5-3-6-14-22/h3-18,29H,19H2,1-2H3. The van der Waals surface area contributed by atoms with E-state index in [9.17, 15) is 0 Å². The van der Waals surface area contributed by atoms with Crippen LogP contribution in [-0.4, -0.2) is 9.38 Å². The maximum Gasteiger partial charge on any atom is 0.181 e. The lowest BCUT2D eigenvalue weighted by Gasteiger charge is -2.14. The van der Waals surface area contributed by atoms with Gasteiger partial charge < -0.3 is 10.1 Å². The number of aromatic nitrogens is 2. The molecule has 0 atom stereocenters. The summed E-state index contributed by atoms with van der Waals surface area (Å²) in [5.74, 6) is 1.68. The predicted octanol–water partition coefficient (Wildman–Crippen LogP) is 6.94. The zero-order valence-electron chi connectivity index (χ0n) is 18.2. The minimum Gasteiger partial charge on any atom is -0.485 e. The Bertz CT molecular complexity index is 1340. The Labute approximate surface area is 188 Å². The first-order valence-corrected chi connectivity index (χ1v) is 10.8. The van der Waals surface area contributed by atoms with Crippen LogP contribution in [-0.2, 0) is 6.61 Å². The number of anilines is 2. The third-order valence-corrected chi connectivity index (χ3v) is 5.62. The molecule has 158 valence electrons. The average molecular weight is 420 g/mol. The number of hydrogen-bond acceptors (Lipinski definition) is 3. The highest BCUT2D eigenvalue weighted by Crippen LogP contribution is 2.35. The van der Waals surface area contributed by atoms with Crippen molar-refractivity contribution in [3.8, 4) is 17.0 Å². The second kappa shape index (κ2) is 8.60. The lowest BCUT2D eigenvalue weighted by Crippen LogP contribution is -2.01. The average Bonchev–Trinajstić information content (AvgIpc) is 3.20. The number of nitrogens with one attached hydrogen (secondary N) is 1. The monoisotopic (exact) mass is 419 g/mol. The summed E-state index contributed by atoms with van der Waals surface area (Å²) in [6.45, 7) is 4.73. The first-order chi connectivity index (χ1) is 15.7. The summed E-state index contributed by atoms with van der Waals surface area (Å²) in [7, 11) is 0. The van der Waals surface area contributed by atoms with Gasteiger partial charge in [-0.15, -0.1) is 0 Å². The Morgan fingerprint density at radius 3 is 2.19 bits per heavy atom. The molecule has 2 aromatic heterocycles. The lowest BCUT2D eigenvalue weighted by molar-refractivity contribution is 0.308. The van der Waals surface area contributed by atoms with Crippen molar-refractivity contribution in [1.29, 1.82) is 0 Å². The zero-order chi connectivity index (χ0) is 21.9. The fourth-order valence-electron chi connectivity index (χ4n) is 3.94. The van der Waals surface area contributed by atoms with E-state index in [1.165, 1.54) is 11.1 Å². The van der Waals surface area contributed by atoms with E-state index in [1.807, 2.05) is 54.7 Å². The molecule has 4 nitrogen and oxygen atoms in total. The topological polar surface area (TPSA) is 38.6 Å². The number of benzene rings is 3. The van der Waals surface area contributed by atoms with Gasteiger partial charge in [-0.3, -0.25) is 4.40 Å². The quantitative estimate of drug-likeness (QED) is 0.324. The van der Waals surface area contributed by atoms with Crippen molar-refractivity contribution in [2.45, 2.75) is 20.5 Å². The van der Waals surface area contributed by atoms with Crippen molar-refractivity contribution in [3.63, 3.8) is 0 Å². The summed E-state index contributed by atoms with van der Waals surface area (Å²) in [4.78, 5) is 5.03. The molecule has 0 aliphatic heterocycles. The number of ether oxygens (including phenoxy) is 1. The predicted molar refractivity (Wildman–Crippen MR) is 131 cm³/mol. The summed E-state index contributed by atoms with van der Waals surface area (Å²) in [6.07, 6.45) is 2.03. The fraction of sp³-hybridized carbons (Fsp3) is 0.107. The lowest BCUT2D eigenvalue weighted by atomic mass is 10.1. The molecule has 0 saturated heterocycles. The molecule has 0 amide bonds. The second-order valence-electron chi connectivity index (χ2n) is 7.91. The molecule has 0 aliphatic rings. The summed E-state index contributed by atoms with van der Waals surface area (Å²) in [5, 5.41) is 3.68. The van der Waals surface area contributed by atoms with E-state index in [4.69, 9.17) is 9.72 Å². The molecule has 0 fully saturated rings. The summed E-state index contributed by atoms with van der Waals surface area (Å²) in [5.41, 5.74) is 7.34. The Morgan fingerprint density at radius 1 is 0.781 bits per heavy atom. The third kappa shape index (κ3) is 3.83. The minimum atomic E-state index is 0.494. The number of imidazole rings is 1. The normalized spacial score (nSPS) is 10.9. The number of para-hydroxylation sites is 1. The number of nitrogens with zero attached hydrogens (tertiary/aromatic N) is 2. The largest absolute Gasteiger partial charge is 0.485 e. The molecular weight excluding hydrogens is 394 g/mol. The van der Waals surface area contributed by atoms with E-state index in [1.54, 1.807) is 0 Å². The van der Waals surface area contributed by atoms with E-state index in [0.717, 1.165) is 39.7 Å². The van der Waals surface area contributed by atoms with Gasteiger partial charge in [0.15, 0.2) is 11.4 Å². The number of fused-ring (bicyclic) bond motifs is 1. The van der Waals surface area contributed by atoms with Crippen LogP contribution in [0.25, 0.3) is 16.9 Å². The van der Waals surface area contributed by atoms with Gasteiger partial charge in [-0.1, -0.05) is 78.9 Å². The molecule has 0 spiro atoms. The minimum absolute atomic E-state index is 0.494. The smallest absolute Gasteiger partial charge is 0.181 e. The molecule has 0 bridgehead atoms. The van der Waals surface area contributed by atoms with Gasteiger partial charge in [0.25, 0.3) is 0 Å². The van der Waals surface area contributed by atoms with Crippen molar-refractivity contribution in [1.82, 2.24) is 9.38 Å². The van der Waals surface area contributed by atoms with Crippen LogP contribution in [0.1, 0.15) is 16.7 Å². The van der Waals surface area contributed by atoms with E-state index in [-0.39, 0.29) is 0 Å². The van der Waals surface area contributed by atoms with Crippen molar-refractivity contribution < 1.29 is 4.74 Å². The van der Waals surface area contributed by atoms with E-state index < -0.39 is 0 Å². The summed E-state index contributed by atoms with van der Waals surface area (Å²) < 4.78 is 8.27. The van der Waals surface area contributed by atoms with Crippen molar-refractivity contribution in [2.75, 3.05) is 5.32 Å². The Balaban J connectivity index is 1.62. The van der Waals surface area contributed by atoms with Gasteiger partial charge >= 0.3 is 0 Å². The van der Waals surface area contributed by atoms with Crippen LogP contribution in [0.2, 0.25) is 0 Å². The maximum atomic E-state index is 6.20. The van der Waals surface area contributed by atoms with Gasteiger partial charge in [0.2, 0.25) is 0 Å². The van der Waals surface area contributed by atoms with Gasteiger partial charge in [0.1, 0.15) is 18.1 Å². The molecule has 2 heterocycles. The number of aryl methyl sites for hydroxylation is 2. The summed E-state index contributed by atoms with van der Waals surface area (Å²) >= 11 is 0. The molecule has 0 aliphatic carbocycles. The van der Waals surface area contributed by atoms with E-state index in [0.29, 0.717) is 6.61 Å². The first kappa shape index (κ1) is 19.9. The highest BCUT2D eigenvalue weighted by atomic mass is 16.5. The molecule has 4 heteroatoms. The molecule has 1 N–H and O–H groups in total. The van der Waals surface area contributed by atoms with Crippen molar-refractivity contribution >= 4 is 17.2 Å². The summed E-state index contributed by atoms with van der Waals surface area (Å²) in [6, 6.07) is 30.7. The van der Waals surface area contributed by atoms with Crippen LogP contribution >= 0.6 is 0 Å². The molecular formula is C28H25N3O. The zero-order valence-corrected chi connectivity index (χ0v) is 18.2. The molecule has 0 saturated carbocycles. The highest BCUT2D eigenvalue weighted by molar-refractivity contribution is 5.82. The van der Waals surface area contributed by atoms with Gasteiger partial charge in [-0.05, 0) is 42.7 Å². The number of pyridine rings is 1. The van der Waals surface area contributed by atoms with Gasteiger partial charge in [0.05, 0.1) is 0 Å². The van der Waals surface area contributed by atoms with Gasteiger partial charge in [0, 0.05) is 17.4 Å². The Kier molecular flexibility index (Phi) is 5.34. The highest BCUT2D eigenvalue weighted by Gasteiger charge is 2.18. The Morgan fingerprint density at radius 2 is 1.47 bits per heavy atom. The number of rotatable bonds is 6. The van der Waals surface area contributed by atoms with Crippen LogP contribution in [0.15, 0.2) is 97.2 Å². The van der Waals surface area contributed by atoms with E-state index in [2.05, 4.69) is 66.0 Å². The van der Waals surface area contributed by atoms with Crippen molar-refractivity contribution in [2.24, 2.45) is 0 Å². The maximum absolute atomic E-state index is 6.20. The molecule has 5 aromatic rings. The SMILES string of the molecule is Cc1cccc(C)c1Nc1c(-c2ccccc2)nc2c(OCc3ccccc3)cccn12. The first-order valence-electron chi connectivity index (χ1n) is 10.8. The third-order valence-electron chi connectivity index (χ3n) is 5.62. The Hall–Kier alpha value is -4.05. The van der Waals surface area contributed by atoms with Gasteiger partial charge in [-0.25, -0.2) is 4.98 Å². The number of hydrogen-bond donors (Lipinski definition) is 1. The molecule has 0 unspecified atom stereocenters. The molecule has 3 aromatic carbocycles. The van der Waals surface area contributed by atoms with Crippen LogP contribution in [0, 0.1) is 13.8 Å². The van der Waals surface area contributed by atoms with E-state index >= 15 is 0 Å². The van der Waals surface area contributed by atoms with Crippen LogP contribution in [0.3, 0.4) is 0 Å². The van der Waals surface area contributed by atoms with Gasteiger partial charge in [-0.2, -0.15) is 0 Å². The van der Waals surface area contributed by atoms with Crippen LogP contribution in [0.5, 0.6) is 5.75 Å². The molecule has 32 heavy (non-hydrogen) atoms. The van der Waals surface area contributed by atoms with Crippen LogP contribution < -0.4 is 10.1 Å². The van der Waals surface area contributed by atoms with Crippen LogP contribution in [0.4, 0.5) is 11.5 Å². The van der Waals surface area contributed by atoms with Crippen molar-refractivity contribution in [3.05, 3.63) is 114 Å². The second-order valence-corrected chi connectivity index (χ2v) is 7.91. The fourth-order valence-corrected chi connectivity index (χ4v) is 3.94. The molecule has 5 rings (SSSR count).